The molecule has 0 bridgehead atoms. The first-order chi connectivity index (χ1) is 12.0. The Labute approximate surface area is 148 Å². The Morgan fingerprint density at radius 1 is 1.20 bits per heavy atom. The van der Waals surface area contributed by atoms with Crippen molar-refractivity contribution in [2.75, 3.05) is 7.11 Å². The highest BCUT2D eigenvalue weighted by atomic mass is 16.5. The van der Waals surface area contributed by atoms with Gasteiger partial charge in [0.25, 0.3) is 5.91 Å². The number of hydrazone groups is 1. The molecule has 0 heterocycles. The monoisotopic (exact) mass is 340 g/mol. The maximum Gasteiger partial charge on any atom is 0.271 e. The summed E-state index contributed by atoms with van der Waals surface area (Å²) in [6, 6.07) is 13.0. The molecule has 2 aromatic rings. The Bertz CT molecular complexity index is 737. The molecule has 0 aliphatic carbocycles. The molecule has 0 aromatic heterocycles. The van der Waals surface area contributed by atoms with Crippen molar-refractivity contribution in [1.82, 2.24) is 5.43 Å². The number of methoxy groups -OCH3 is 1. The predicted octanol–water partition coefficient (Wildman–Crippen LogP) is 3.81. The van der Waals surface area contributed by atoms with Crippen LogP contribution in [-0.2, 0) is 6.42 Å². The molecule has 5 heteroatoms. The zero-order chi connectivity index (χ0) is 18.2. The summed E-state index contributed by atoms with van der Waals surface area (Å²) in [6.07, 6.45) is 2.49. The number of aryl methyl sites for hydroxylation is 1. The van der Waals surface area contributed by atoms with Crippen molar-refractivity contribution >= 4 is 12.1 Å². The fourth-order valence-corrected chi connectivity index (χ4v) is 2.27. The molecule has 0 radical (unpaired) electrons. The lowest BCUT2D eigenvalue weighted by Crippen LogP contribution is -2.17. The Morgan fingerprint density at radius 2 is 1.92 bits per heavy atom. The number of carbonyl (C=O) groups excluding carboxylic acids is 1. The van der Waals surface area contributed by atoms with E-state index in [1.807, 2.05) is 44.2 Å². The molecule has 0 unspecified atom stereocenters. The zero-order valence-corrected chi connectivity index (χ0v) is 15.1. The van der Waals surface area contributed by atoms with Gasteiger partial charge in [-0.3, -0.25) is 4.79 Å². The summed E-state index contributed by atoms with van der Waals surface area (Å²) >= 11 is 0. The molecule has 1 amide bonds. The van der Waals surface area contributed by atoms with Gasteiger partial charge >= 0.3 is 0 Å². The second-order valence-corrected chi connectivity index (χ2v) is 5.79. The number of carbonyl (C=O) groups is 1. The van der Waals surface area contributed by atoms with E-state index >= 15 is 0 Å². The van der Waals surface area contributed by atoms with E-state index in [-0.39, 0.29) is 12.0 Å². The quantitative estimate of drug-likeness (QED) is 0.616. The maximum absolute atomic E-state index is 12.1. The van der Waals surface area contributed by atoms with E-state index in [2.05, 4.69) is 17.5 Å². The predicted molar refractivity (Wildman–Crippen MR) is 99.6 cm³/mol. The molecule has 2 rings (SSSR count). The summed E-state index contributed by atoms with van der Waals surface area (Å²) in [4.78, 5) is 12.1. The average Bonchev–Trinajstić information content (AvgIpc) is 2.62. The highest BCUT2D eigenvalue weighted by molar-refractivity contribution is 5.95. The Balaban J connectivity index is 2.11. The van der Waals surface area contributed by atoms with Crippen molar-refractivity contribution in [3.05, 3.63) is 59.2 Å². The lowest BCUT2D eigenvalue weighted by Gasteiger charge is -2.15. The highest BCUT2D eigenvalue weighted by Crippen LogP contribution is 2.30. The fraction of sp³-hybridized carbons (Fsp3) is 0.300. The van der Waals surface area contributed by atoms with E-state index in [1.54, 1.807) is 25.5 Å². The van der Waals surface area contributed by atoms with Crippen molar-refractivity contribution in [2.24, 2.45) is 5.10 Å². The van der Waals surface area contributed by atoms with Gasteiger partial charge < -0.3 is 9.47 Å². The molecular formula is C20H24N2O3. The largest absolute Gasteiger partial charge is 0.493 e. The number of hydrogen-bond donors (Lipinski definition) is 1. The Hall–Kier alpha value is -2.82. The fourth-order valence-electron chi connectivity index (χ4n) is 2.27. The molecule has 5 nitrogen and oxygen atoms in total. The van der Waals surface area contributed by atoms with Gasteiger partial charge in [0.1, 0.15) is 0 Å². The minimum Gasteiger partial charge on any atom is -0.493 e. The van der Waals surface area contributed by atoms with Crippen molar-refractivity contribution < 1.29 is 14.3 Å². The van der Waals surface area contributed by atoms with Crippen molar-refractivity contribution in [2.45, 2.75) is 33.3 Å². The van der Waals surface area contributed by atoms with Crippen LogP contribution in [-0.4, -0.2) is 25.3 Å². The van der Waals surface area contributed by atoms with E-state index in [0.717, 1.165) is 12.0 Å². The van der Waals surface area contributed by atoms with Crippen LogP contribution in [0, 0.1) is 0 Å². The van der Waals surface area contributed by atoms with Gasteiger partial charge in [-0.25, -0.2) is 5.43 Å². The summed E-state index contributed by atoms with van der Waals surface area (Å²) in [5.41, 5.74) is 5.02. The third-order valence-electron chi connectivity index (χ3n) is 3.58. The molecule has 0 spiro atoms. The van der Waals surface area contributed by atoms with Gasteiger partial charge in [0, 0.05) is 11.1 Å². The third kappa shape index (κ3) is 5.08. The van der Waals surface area contributed by atoms with Crippen LogP contribution in [0.25, 0.3) is 0 Å². The van der Waals surface area contributed by atoms with Gasteiger partial charge in [-0.05, 0) is 50.1 Å². The van der Waals surface area contributed by atoms with Crippen LogP contribution in [0.3, 0.4) is 0 Å². The molecular weight excluding hydrogens is 316 g/mol. The van der Waals surface area contributed by atoms with Gasteiger partial charge in [0.2, 0.25) is 0 Å². The molecule has 132 valence electrons. The van der Waals surface area contributed by atoms with E-state index < -0.39 is 0 Å². The van der Waals surface area contributed by atoms with Crippen LogP contribution < -0.4 is 14.9 Å². The molecule has 0 saturated heterocycles. The molecule has 2 aromatic carbocycles. The summed E-state index contributed by atoms with van der Waals surface area (Å²) in [6.45, 7) is 5.95. The van der Waals surface area contributed by atoms with Crippen LogP contribution in [0.2, 0.25) is 0 Å². The van der Waals surface area contributed by atoms with Crippen molar-refractivity contribution in [1.29, 1.82) is 0 Å². The molecule has 0 aliphatic rings. The van der Waals surface area contributed by atoms with E-state index in [0.29, 0.717) is 17.1 Å². The summed E-state index contributed by atoms with van der Waals surface area (Å²) in [5, 5.41) is 4.04. The number of hydrogen-bond acceptors (Lipinski definition) is 4. The van der Waals surface area contributed by atoms with Crippen LogP contribution in [0.4, 0.5) is 0 Å². The smallest absolute Gasteiger partial charge is 0.271 e. The molecule has 0 aliphatic heterocycles. The number of nitrogens with one attached hydrogen (secondary N) is 1. The van der Waals surface area contributed by atoms with E-state index in [4.69, 9.17) is 9.47 Å². The zero-order valence-electron chi connectivity index (χ0n) is 15.1. The number of ether oxygens (including phenoxy) is 2. The molecule has 1 N–H and O–H groups in total. The summed E-state index contributed by atoms with van der Waals surface area (Å²) in [5.74, 6) is 0.970. The molecule has 0 fully saturated rings. The molecule has 0 saturated carbocycles. The van der Waals surface area contributed by atoms with E-state index in [1.165, 1.54) is 5.56 Å². The lowest BCUT2D eigenvalue weighted by atomic mass is 10.1. The minimum atomic E-state index is -0.256. The Morgan fingerprint density at radius 3 is 2.52 bits per heavy atom. The topological polar surface area (TPSA) is 59.9 Å². The van der Waals surface area contributed by atoms with Gasteiger partial charge in [-0.2, -0.15) is 5.10 Å². The first-order valence-electron chi connectivity index (χ1n) is 8.31. The highest BCUT2D eigenvalue weighted by Gasteiger charge is 2.11. The number of amides is 1. The first kappa shape index (κ1) is 18.5. The number of para-hydroxylation sites is 1. The van der Waals surface area contributed by atoms with Gasteiger partial charge in [0.15, 0.2) is 11.5 Å². The number of rotatable bonds is 7. The van der Waals surface area contributed by atoms with E-state index in [9.17, 15) is 4.79 Å². The van der Waals surface area contributed by atoms with Crippen molar-refractivity contribution in [3.63, 3.8) is 0 Å². The first-order valence-corrected chi connectivity index (χ1v) is 8.31. The number of benzene rings is 2. The Kier molecular flexibility index (Phi) is 6.57. The third-order valence-corrected chi connectivity index (χ3v) is 3.58. The van der Waals surface area contributed by atoms with Crippen LogP contribution in [0.15, 0.2) is 47.6 Å². The lowest BCUT2D eigenvalue weighted by molar-refractivity contribution is 0.0955. The minimum absolute atomic E-state index is 0.00452. The SMILES string of the molecule is CCc1ccc(C(=O)N/N=C\c2cccc(OC)c2OC(C)C)cc1. The number of nitrogens with zero attached hydrogens (tertiary/aromatic N) is 1. The second-order valence-electron chi connectivity index (χ2n) is 5.79. The van der Waals surface area contributed by atoms with Crippen molar-refractivity contribution in [3.8, 4) is 11.5 Å². The molecule has 0 atom stereocenters. The maximum atomic E-state index is 12.1. The second kappa shape index (κ2) is 8.87. The van der Waals surface area contributed by atoms with Gasteiger partial charge in [-0.1, -0.05) is 25.1 Å². The van der Waals surface area contributed by atoms with Crippen LogP contribution in [0.1, 0.15) is 42.3 Å². The van der Waals surface area contributed by atoms with Gasteiger partial charge in [-0.15, -0.1) is 0 Å². The molecule has 25 heavy (non-hydrogen) atoms. The van der Waals surface area contributed by atoms with Gasteiger partial charge in [0.05, 0.1) is 19.4 Å². The summed E-state index contributed by atoms with van der Waals surface area (Å²) < 4.78 is 11.1. The average molecular weight is 340 g/mol. The van der Waals surface area contributed by atoms with Crippen LogP contribution in [0.5, 0.6) is 11.5 Å². The normalized spacial score (nSPS) is 10.9. The standard InChI is InChI=1S/C20H24N2O3/c1-5-15-9-11-16(12-10-15)20(23)22-21-13-17-7-6-8-18(24-4)19(17)25-14(2)3/h6-14H,5H2,1-4H3,(H,22,23)/b21-13-. The van der Waals surface area contributed by atoms with Crippen LogP contribution >= 0.6 is 0 Å². The summed E-state index contributed by atoms with van der Waals surface area (Å²) in [7, 11) is 1.59.